The molecule has 188 valence electrons. The molecule has 0 heterocycles. The zero-order valence-electron chi connectivity index (χ0n) is 20.3. The minimum atomic E-state index is -0.742. The molecule has 0 spiro atoms. The number of carbonyl (C=O) groups is 2. The normalized spacial score (nSPS) is 19.1. The van der Waals surface area contributed by atoms with Crippen LogP contribution >= 0.6 is 0 Å². The van der Waals surface area contributed by atoms with Crippen molar-refractivity contribution in [3.63, 3.8) is 0 Å². The van der Waals surface area contributed by atoms with Gasteiger partial charge in [-0.05, 0) is 55.7 Å². The van der Waals surface area contributed by atoms with Crippen molar-refractivity contribution in [2.75, 3.05) is 0 Å². The van der Waals surface area contributed by atoms with E-state index < -0.39 is 12.1 Å². The van der Waals surface area contributed by atoms with Gasteiger partial charge in [0.15, 0.2) is 5.96 Å². The second-order valence-electron chi connectivity index (χ2n) is 10.00. The molecule has 8 nitrogen and oxygen atoms in total. The quantitative estimate of drug-likeness (QED) is 0.263. The Morgan fingerprint density at radius 3 is 2.15 bits per heavy atom. The molecule has 0 aliphatic heterocycles. The Kier molecular flexibility index (Phi) is 10.2. The van der Waals surface area contributed by atoms with Crippen LogP contribution < -0.4 is 27.8 Å². The fraction of sp³-hybridized carbons (Fsp3) is 0.654. The van der Waals surface area contributed by atoms with Crippen molar-refractivity contribution in [2.45, 2.75) is 102 Å². The van der Waals surface area contributed by atoms with Crippen molar-refractivity contribution in [3.05, 3.63) is 29.8 Å². The second kappa shape index (κ2) is 13.3. The summed E-state index contributed by atoms with van der Waals surface area (Å²) in [5, 5.41) is 6.17. The van der Waals surface area contributed by atoms with E-state index in [1.165, 1.54) is 38.5 Å². The first-order chi connectivity index (χ1) is 16.4. The largest absolute Gasteiger partial charge is 0.370 e. The average Bonchev–Trinajstić information content (AvgIpc) is 2.83. The SMILES string of the molecule is NC(N)=Nc1ccc(C[C@H](N)C(=O)N[C@@H](CCC2CCCCC2)C(=O)NC2CCCCC2)cc1. The average molecular weight is 471 g/mol. The van der Waals surface area contributed by atoms with Gasteiger partial charge in [-0.3, -0.25) is 9.59 Å². The maximum atomic E-state index is 13.1. The van der Waals surface area contributed by atoms with E-state index in [1.54, 1.807) is 12.1 Å². The maximum Gasteiger partial charge on any atom is 0.242 e. The van der Waals surface area contributed by atoms with Gasteiger partial charge < -0.3 is 27.8 Å². The van der Waals surface area contributed by atoms with Crippen LogP contribution in [0.5, 0.6) is 0 Å². The Morgan fingerprint density at radius 1 is 0.912 bits per heavy atom. The molecule has 0 unspecified atom stereocenters. The van der Waals surface area contributed by atoms with E-state index in [-0.39, 0.29) is 23.8 Å². The number of rotatable bonds is 10. The number of guanidine groups is 1. The molecule has 2 saturated carbocycles. The number of nitrogens with two attached hydrogens (primary N) is 3. The molecule has 1 aromatic rings. The molecule has 2 amide bonds. The van der Waals surface area contributed by atoms with E-state index in [4.69, 9.17) is 17.2 Å². The predicted molar refractivity (Wildman–Crippen MR) is 136 cm³/mol. The summed E-state index contributed by atoms with van der Waals surface area (Å²) in [7, 11) is 0. The molecule has 3 rings (SSSR count). The van der Waals surface area contributed by atoms with Crippen molar-refractivity contribution in [1.29, 1.82) is 0 Å². The lowest BCUT2D eigenvalue weighted by Gasteiger charge is -2.28. The second-order valence-corrected chi connectivity index (χ2v) is 10.00. The van der Waals surface area contributed by atoms with Crippen LogP contribution in [0.4, 0.5) is 5.69 Å². The van der Waals surface area contributed by atoms with Crippen molar-refractivity contribution in [2.24, 2.45) is 28.1 Å². The molecule has 8 heteroatoms. The minimum Gasteiger partial charge on any atom is -0.370 e. The molecule has 2 aliphatic rings. The third-order valence-electron chi connectivity index (χ3n) is 7.16. The first-order valence-corrected chi connectivity index (χ1v) is 13.0. The molecule has 8 N–H and O–H groups in total. The van der Waals surface area contributed by atoms with Gasteiger partial charge in [-0.15, -0.1) is 0 Å². The van der Waals surface area contributed by atoms with Crippen LogP contribution in [-0.2, 0) is 16.0 Å². The highest BCUT2D eigenvalue weighted by Crippen LogP contribution is 2.28. The molecule has 2 aliphatic carbocycles. The van der Waals surface area contributed by atoms with E-state index in [1.807, 2.05) is 12.1 Å². The highest BCUT2D eigenvalue weighted by Gasteiger charge is 2.27. The number of carbonyl (C=O) groups excluding carboxylic acids is 2. The number of aliphatic imine (C=N–C) groups is 1. The van der Waals surface area contributed by atoms with Gasteiger partial charge in [0.2, 0.25) is 11.8 Å². The van der Waals surface area contributed by atoms with Crippen LogP contribution in [0.1, 0.15) is 82.6 Å². The third-order valence-corrected chi connectivity index (χ3v) is 7.16. The Bertz CT molecular complexity index is 809. The van der Waals surface area contributed by atoms with Gasteiger partial charge in [-0.25, -0.2) is 4.99 Å². The van der Waals surface area contributed by atoms with Crippen LogP contribution in [0.15, 0.2) is 29.3 Å². The van der Waals surface area contributed by atoms with Crippen LogP contribution in [0.3, 0.4) is 0 Å². The van der Waals surface area contributed by atoms with Crippen LogP contribution in [-0.4, -0.2) is 35.9 Å². The number of amides is 2. The van der Waals surface area contributed by atoms with Crippen LogP contribution in [0.25, 0.3) is 0 Å². The summed E-state index contributed by atoms with van der Waals surface area (Å²) in [6, 6.07) is 6.21. The van der Waals surface area contributed by atoms with E-state index in [0.717, 1.165) is 37.7 Å². The van der Waals surface area contributed by atoms with Crippen molar-refractivity contribution in [3.8, 4) is 0 Å². The number of hydrogen-bond donors (Lipinski definition) is 5. The number of nitrogens with one attached hydrogen (secondary N) is 2. The standard InChI is InChI=1S/C26H42N6O2/c27-22(17-19-11-14-21(15-12-19)31-26(28)29)24(33)32-23(16-13-18-7-3-1-4-8-18)25(34)30-20-9-5-2-6-10-20/h11-12,14-15,18,20,22-23H,1-10,13,16-17,27H2,(H,30,34)(H,32,33)(H4,28,29,31)/t22-,23-/m0/s1. The van der Waals surface area contributed by atoms with Gasteiger partial charge in [0, 0.05) is 6.04 Å². The number of benzene rings is 1. The topological polar surface area (TPSA) is 149 Å². The van der Waals surface area contributed by atoms with Gasteiger partial charge in [-0.2, -0.15) is 0 Å². The molecule has 0 saturated heterocycles. The summed E-state index contributed by atoms with van der Waals surface area (Å²) in [6.45, 7) is 0. The summed E-state index contributed by atoms with van der Waals surface area (Å²) in [4.78, 5) is 30.1. The highest BCUT2D eigenvalue weighted by atomic mass is 16.2. The first-order valence-electron chi connectivity index (χ1n) is 13.0. The number of hydrogen-bond acceptors (Lipinski definition) is 4. The predicted octanol–water partition coefficient (Wildman–Crippen LogP) is 2.76. The Morgan fingerprint density at radius 2 is 1.53 bits per heavy atom. The van der Waals surface area contributed by atoms with E-state index in [2.05, 4.69) is 15.6 Å². The molecular weight excluding hydrogens is 428 g/mol. The molecular formula is C26H42N6O2. The Hall–Kier alpha value is -2.61. The minimum absolute atomic E-state index is 0.00500. The highest BCUT2D eigenvalue weighted by molar-refractivity contribution is 5.90. The zero-order chi connectivity index (χ0) is 24.3. The third kappa shape index (κ3) is 8.63. The van der Waals surface area contributed by atoms with Gasteiger partial charge in [0.25, 0.3) is 0 Å². The first kappa shape index (κ1) is 26.0. The van der Waals surface area contributed by atoms with Crippen LogP contribution in [0, 0.1) is 5.92 Å². The summed E-state index contributed by atoms with van der Waals surface area (Å²) < 4.78 is 0. The monoisotopic (exact) mass is 470 g/mol. The van der Waals surface area contributed by atoms with E-state index >= 15 is 0 Å². The Labute approximate surface area is 203 Å². The van der Waals surface area contributed by atoms with E-state index in [9.17, 15) is 9.59 Å². The summed E-state index contributed by atoms with van der Waals surface area (Å²) in [5.74, 6) is 0.285. The molecule has 1 aromatic carbocycles. The zero-order valence-corrected chi connectivity index (χ0v) is 20.3. The molecule has 2 atom stereocenters. The van der Waals surface area contributed by atoms with Gasteiger partial charge in [0.1, 0.15) is 6.04 Å². The summed E-state index contributed by atoms with van der Waals surface area (Å²) in [6.07, 6.45) is 13.8. The lowest BCUT2D eigenvalue weighted by Crippen LogP contribution is -2.54. The van der Waals surface area contributed by atoms with Gasteiger partial charge in [-0.1, -0.05) is 63.5 Å². The van der Waals surface area contributed by atoms with Crippen LogP contribution in [0.2, 0.25) is 0 Å². The van der Waals surface area contributed by atoms with E-state index in [0.29, 0.717) is 24.4 Å². The van der Waals surface area contributed by atoms with Crippen molar-refractivity contribution < 1.29 is 9.59 Å². The molecule has 0 aromatic heterocycles. The van der Waals surface area contributed by atoms with Gasteiger partial charge in [0.05, 0.1) is 11.7 Å². The van der Waals surface area contributed by atoms with Gasteiger partial charge >= 0.3 is 0 Å². The lowest BCUT2D eigenvalue weighted by atomic mass is 9.85. The fourth-order valence-electron chi connectivity index (χ4n) is 5.18. The number of nitrogens with zero attached hydrogens (tertiary/aromatic N) is 1. The smallest absolute Gasteiger partial charge is 0.242 e. The maximum absolute atomic E-state index is 13.1. The van der Waals surface area contributed by atoms with Crippen molar-refractivity contribution in [1.82, 2.24) is 10.6 Å². The Balaban J connectivity index is 1.57. The molecule has 0 radical (unpaired) electrons. The lowest BCUT2D eigenvalue weighted by molar-refractivity contribution is -0.130. The molecule has 34 heavy (non-hydrogen) atoms. The van der Waals surface area contributed by atoms with Crippen molar-refractivity contribution >= 4 is 23.5 Å². The molecule has 0 bridgehead atoms. The fourth-order valence-corrected chi connectivity index (χ4v) is 5.18. The summed E-state index contributed by atoms with van der Waals surface area (Å²) >= 11 is 0. The molecule has 2 fully saturated rings. The summed E-state index contributed by atoms with van der Waals surface area (Å²) in [5.41, 5.74) is 18.6.